The van der Waals surface area contributed by atoms with Crippen LogP contribution in [0.25, 0.3) is 0 Å². The van der Waals surface area contributed by atoms with E-state index in [4.69, 9.17) is 0 Å². The van der Waals surface area contributed by atoms with Gasteiger partial charge in [-0.2, -0.15) is 0 Å². The Kier molecular flexibility index (Phi) is 6.68. The molecule has 2 aliphatic rings. The first-order chi connectivity index (χ1) is 14.7. The van der Waals surface area contributed by atoms with E-state index in [-0.39, 0.29) is 22.2 Å². The Bertz CT molecular complexity index is 823. The van der Waals surface area contributed by atoms with Crippen molar-refractivity contribution in [3.05, 3.63) is 70.3 Å². The van der Waals surface area contributed by atoms with Crippen molar-refractivity contribution in [2.24, 2.45) is 0 Å². The van der Waals surface area contributed by atoms with Crippen LogP contribution < -0.4 is 5.32 Å². The molecule has 0 radical (unpaired) electrons. The molecule has 2 aromatic rings. The van der Waals surface area contributed by atoms with Crippen molar-refractivity contribution in [2.75, 3.05) is 18.4 Å². The Hall–Kier alpha value is -2.40. The number of nitrogens with zero attached hydrogens (tertiary/aromatic N) is 2. The van der Waals surface area contributed by atoms with Crippen molar-refractivity contribution in [2.45, 2.75) is 69.4 Å². The maximum Gasteiger partial charge on any atom is 0.292 e. The third-order valence-corrected chi connectivity index (χ3v) is 7.05. The third kappa shape index (κ3) is 4.51. The number of hydrogen-bond donors (Lipinski definition) is 1. The predicted molar refractivity (Wildman–Crippen MR) is 122 cm³/mol. The van der Waals surface area contributed by atoms with Gasteiger partial charge in [-0.15, -0.1) is 0 Å². The number of benzene rings is 2. The molecule has 30 heavy (non-hydrogen) atoms. The van der Waals surface area contributed by atoms with Crippen LogP contribution in [0.4, 0.5) is 11.4 Å². The number of para-hydroxylation sites is 2. The first kappa shape index (κ1) is 20.9. The second kappa shape index (κ2) is 9.61. The molecular formula is C25H33N3O2. The highest BCUT2D eigenvalue weighted by atomic mass is 16.6. The lowest BCUT2D eigenvalue weighted by Gasteiger charge is -2.49. The number of nitro benzene ring substituents is 1. The number of hydrogen-bond acceptors (Lipinski definition) is 4. The van der Waals surface area contributed by atoms with Crippen LogP contribution in [0.1, 0.15) is 63.4 Å². The first-order valence-electron chi connectivity index (χ1n) is 11.5. The zero-order chi connectivity index (χ0) is 20.8. The molecule has 2 fully saturated rings. The predicted octanol–water partition coefficient (Wildman–Crippen LogP) is 6.11. The van der Waals surface area contributed by atoms with Crippen molar-refractivity contribution < 1.29 is 4.92 Å². The van der Waals surface area contributed by atoms with Gasteiger partial charge in [0.1, 0.15) is 5.69 Å². The van der Waals surface area contributed by atoms with Gasteiger partial charge in [-0.05, 0) is 37.3 Å². The van der Waals surface area contributed by atoms with Gasteiger partial charge >= 0.3 is 0 Å². The van der Waals surface area contributed by atoms with Gasteiger partial charge in [-0.25, -0.2) is 0 Å². The van der Waals surface area contributed by atoms with Crippen LogP contribution in [0.3, 0.4) is 0 Å². The Morgan fingerprint density at radius 3 is 2.13 bits per heavy atom. The fourth-order valence-corrected chi connectivity index (χ4v) is 5.45. The summed E-state index contributed by atoms with van der Waals surface area (Å²) in [7, 11) is 0. The van der Waals surface area contributed by atoms with Crippen molar-refractivity contribution in [1.29, 1.82) is 0 Å². The lowest BCUT2D eigenvalue weighted by molar-refractivity contribution is -0.384. The number of piperidine rings is 1. The lowest BCUT2D eigenvalue weighted by Crippen LogP contribution is -2.51. The van der Waals surface area contributed by atoms with Gasteiger partial charge in [0.05, 0.1) is 4.92 Å². The van der Waals surface area contributed by atoms with E-state index in [1.54, 1.807) is 12.1 Å². The summed E-state index contributed by atoms with van der Waals surface area (Å²) in [5, 5.41) is 14.8. The molecule has 1 heterocycles. The molecule has 0 amide bonds. The molecule has 1 saturated heterocycles. The Balaban J connectivity index is 1.49. The highest BCUT2D eigenvalue weighted by Crippen LogP contribution is 2.42. The number of rotatable bonds is 5. The standard InChI is InChI=1S/C25H33N3O2/c29-28(30)24-14-8-7-13-23(24)26-22-15-19-27(20-16-22)25(21-11-5-4-6-12-21)17-9-2-1-3-10-18-25/h4-8,11-14,22,26H,1-3,9-10,15-20H2. The number of likely N-dealkylation sites (tertiary alicyclic amines) is 1. The van der Waals surface area contributed by atoms with E-state index >= 15 is 0 Å². The summed E-state index contributed by atoms with van der Waals surface area (Å²) in [6.07, 6.45) is 11.1. The molecule has 160 valence electrons. The average molecular weight is 408 g/mol. The van der Waals surface area contributed by atoms with Gasteiger partial charge in [0, 0.05) is 30.7 Å². The Labute approximate surface area is 179 Å². The summed E-state index contributed by atoms with van der Waals surface area (Å²) in [5.74, 6) is 0. The molecule has 5 heteroatoms. The van der Waals surface area contributed by atoms with E-state index in [1.807, 2.05) is 12.1 Å². The fraction of sp³-hybridized carbons (Fsp3) is 0.520. The molecule has 0 atom stereocenters. The zero-order valence-electron chi connectivity index (χ0n) is 17.8. The first-order valence-corrected chi connectivity index (χ1v) is 11.5. The summed E-state index contributed by atoms with van der Waals surface area (Å²) < 4.78 is 0. The van der Waals surface area contributed by atoms with Crippen molar-refractivity contribution in [3.8, 4) is 0 Å². The lowest BCUT2D eigenvalue weighted by atomic mass is 9.76. The minimum atomic E-state index is -0.295. The SMILES string of the molecule is O=[N+]([O-])c1ccccc1NC1CCN(C2(c3ccccc3)CCCCCCC2)CC1. The maximum absolute atomic E-state index is 11.3. The number of anilines is 1. The van der Waals surface area contributed by atoms with E-state index < -0.39 is 0 Å². The minimum absolute atomic E-state index is 0.144. The highest BCUT2D eigenvalue weighted by molar-refractivity contribution is 5.61. The summed E-state index contributed by atoms with van der Waals surface area (Å²) >= 11 is 0. The van der Waals surface area contributed by atoms with Crippen molar-refractivity contribution in [1.82, 2.24) is 4.90 Å². The molecule has 1 saturated carbocycles. The largest absolute Gasteiger partial charge is 0.377 e. The van der Waals surface area contributed by atoms with Gasteiger partial charge in [-0.3, -0.25) is 15.0 Å². The number of nitrogens with one attached hydrogen (secondary N) is 1. The quantitative estimate of drug-likeness (QED) is 0.480. The molecule has 0 unspecified atom stereocenters. The maximum atomic E-state index is 11.3. The van der Waals surface area contributed by atoms with Crippen LogP contribution in [-0.4, -0.2) is 29.0 Å². The summed E-state index contributed by atoms with van der Waals surface area (Å²) in [6.45, 7) is 2.07. The van der Waals surface area contributed by atoms with E-state index in [0.717, 1.165) is 25.9 Å². The van der Waals surface area contributed by atoms with E-state index in [9.17, 15) is 10.1 Å². The molecule has 0 aromatic heterocycles. The Morgan fingerprint density at radius 1 is 0.867 bits per heavy atom. The van der Waals surface area contributed by atoms with Crippen molar-refractivity contribution >= 4 is 11.4 Å². The van der Waals surface area contributed by atoms with Gasteiger partial charge in [0.15, 0.2) is 0 Å². The molecule has 4 rings (SSSR count). The van der Waals surface area contributed by atoms with Crippen LogP contribution in [0.5, 0.6) is 0 Å². The molecule has 0 bridgehead atoms. The second-order valence-corrected chi connectivity index (χ2v) is 8.85. The van der Waals surface area contributed by atoms with E-state index in [0.29, 0.717) is 5.69 Å². The van der Waals surface area contributed by atoms with Gasteiger partial charge in [0.25, 0.3) is 5.69 Å². The normalized spacial score (nSPS) is 20.8. The molecule has 1 N–H and O–H groups in total. The van der Waals surface area contributed by atoms with Gasteiger partial charge < -0.3 is 5.32 Å². The van der Waals surface area contributed by atoms with Crippen LogP contribution in [-0.2, 0) is 5.54 Å². The molecular weight excluding hydrogens is 374 g/mol. The van der Waals surface area contributed by atoms with Gasteiger partial charge in [0.2, 0.25) is 0 Å². The van der Waals surface area contributed by atoms with Gasteiger partial charge in [-0.1, -0.05) is 74.6 Å². The smallest absolute Gasteiger partial charge is 0.292 e. The molecule has 5 nitrogen and oxygen atoms in total. The summed E-state index contributed by atoms with van der Waals surface area (Å²) in [4.78, 5) is 13.8. The second-order valence-electron chi connectivity index (χ2n) is 8.85. The molecule has 1 aliphatic carbocycles. The van der Waals surface area contributed by atoms with Crippen LogP contribution in [0.2, 0.25) is 0 Å². The van der Waals surface area contributed by atoms with Crippen LogP contribution in [0.15, 0.2) is 54.6 Å². The topological polar surface area (TPSA) is 58.4 Å². The monoisotopic (exact) mass is 407 g/mol. The van der Waals surface area contributed by atoms with E-state index in [2.05, 4.69) is 40.5 Å². The average Bonchev–Trinajstić information content (AvgIpc) is 2.76. The third-order valence-electron chi connectivity index (χ3n) is 7.05. The molecule has 0 spiro atoms. The highest BCUT2D eigenvalue weighted by Gasteiger charge is 2.39. The Morgan fingerprint density at radius 2 is 1.47 bits per heavy atom. The summed E-state index contributed by atoms with van der Waals surface area (Å²) in [5.41, 5.74) is 2.42. The van der Waals surface area contributed by atoms with Crippen molar-refractivity contribution in [3.63, 3.8) is 0 Å². The number of nitro groups is 1. The fourth-order valence-electron chi connectivity index (χ4n) is 5.45. The molecule has 1 aliphatic heterocycles. The summed E-state index contributed by atoms with van der Waals surface area (Å²) in [6, 6.07) is 18.4. The van der Waals surface area contributed by atoms with Crippen LogP contribution >= 0.6 is 0 Å². The minimum Gasteiger partial charge on any atom is -0.377 e. The van der Waals surface area contributed by atoms with E-state index in [1.165, 1.54) is 50.5 Å². The molecule has 2 aromatic carbocycles. The van der Waals surface area contributed by atoms with Crippen LogP contribution in [0, 0.1) is 10.1 Å². The zero-order valence-corrected chi connectivity index (χ0v) is 17.8.